The largest absolute Gasteiger partial charge is 0.392 e. The Morgan fingerprint density at radius 3 is 2.25 bits per heavy atom. The van der Waals surface area contributed by atoms with Gasteiger partial charge in [-0.25, -0.2) is 8.42 Å². The van der Waals surface area contributed by atoms with Gasteiger partial charge in [-0.1, -0.05) is 26.0 Å². The van der Waals surface area contributed by atoms with Crippen molar-refractivity contribution < 1.29 is 13.5 Å². The number of benzene rings is 1. The molecule has 0 bridgehead atoms. The maximum Gasteiger partial charge on any atom is 0.232 e. The Morgan fingerprint density at radius 1 is 1.25 bits per heavy atom. The van der Waals surface area contributed by atoms with Gasteiger partial charge >= 0.3 is 0 Å². The number of hydrogen-bond donors (Lipinski definition) is 2. The van der Waals surface area contributed by atoms with Crippen molar-refractivity contribution in [2.75, 3.05) is 10.5 Å². The molecule has 0 aromatic heterocycles. The van der Waals surface area contributed by atoms with Crippen molar-refractivity contribution >= 4 is 15.7 Å². The zero-order valence-corrected chi connectivity index (χ0v) is 10.3. The van der Waals surface area contributed by atoms with Gasteiger partial charge in [0.15, 0.2) is 0 Å². The maximum atomic E-state index is 11.6. The fourth-order valence-electron chi connectivity index (χ4n) is 1.34. The van der Waals surface area contributed by atoms with Crippen LogP contribution in [0, 0.1) is 5.92 Å². The quantitative estimate of drug-likeness (QED) is 0.825. The van der Waals surface area contributed by atoms with Gasteiger partial charge in [0.1, 0.15) is 0 Å². The minimum atomic E-state index is -3.27. The highest BCUT2D eigenvalue weighted by atomic mass is 32.2. The number of nitrogens with one attached hydrogen (secondary N) is 1. The van der Waals surface area contributed by atoms with Gasteiger partial charge in [0, 0.05) is 5.69 Å². The SMILES string of the molecule is CC(C)CS(=O)(=O)Nc1ccc(CO)cc1. The summed E-state index contributed by atoms with van der Waals surface area (Å²) in [4.78, 5) is 0. The molecule has 1 rings (SSSR count). The second-order valence-corrected chi connectivity index (χ2v) is 5.90. The normalized spacial score (nSPS) is 11.8. The molecule has 0 atom stereocenters. The molecule has 0 heterocycles. The van der Waals surface area contributed by atoms with E-state index >= 15 is 0 Å². The van der Waals surface area contributed by atoms with Crippen LogP contribution in [0.15, 0.2) is 24.3 Å². The first-order chi connectivity index (χ1) is 7.43. The number of aliphatic hydroxyl groups excluding tert-OH is 1. The summed E-state index contributed by atoms with van der Waals surface area (Å²) in [6.45, 7) is 3.67. The van der Waals surface area contributed by atoms with Crippen molar-refractivity contribution in [3.63, 3.8) is 0 Å². The summed E-state index contributed by atoms with van der Waals surface area (Å²) in [5, 5.41) is 8.84. The van der Waals surface area contributed by atoms with Gasteiger partial charge in [0.2, 0.25) is 10.0 Å². The van der Waals surface area contributed by atoms with Crippen molar-refractivity contribution in [3.8, 4) is 0 Å². The zero-order chi connectivity index (χ0) is 12.2. The molecule has 90 valence electrons. The smallest absolute Gasteiger partial charge is 0.232 e. The standard InChI is InChI=1S/C11H17NO3S/c1-9(2)8-16(14,15)12-11-5-3-10(7-13)4-6-11/h3-6,9,12-13H,7-8H2,1-2H3. The van der Waals surface area contributed by atoms with Crippen LogP contribution in [0.2, 0.25) is 0 Å². The van der Waals surface area contributed by atoms with Crippen molar-refractivity contribution in [2.45, 2.75) is 20.5 Å². The molecule has 0 saturated carbocycles. The fourth-order valence-corrected chi connectivity index (χ4v) is 2.79. The summed E-state index contributed by atoms with van der Waals surface area (Å²) >= 11 is 0. The fraction of sp³-hybridized carbons (Fsp3) is 0.455. The highest BCUT2D eigenvalue weighted by Crippen LogP contribution is 2.12. The van der Waals surface area contributed by atoms with Gasteiger partial charge < -0.3 is 5.11 Å². The number of anilines is 1. The molecular formula is C11H17NO3S. The maximum absolute atomic E-state index is 11.6. The summed E-state index contributed by atoms with van der Waals surface area (Å²) in [6, 6.07) is 6.66. The molecule has 0 aliphatic carbocycles. The molecule has 0 saturated heterocycles. The summed E-state index contributed by atoms with van der Waals surface area (Å²) in [5.74, 6) is 0.198. The zero-order valence-electron chi connectivity index (χ0n) is 9.47. The average Bonchev–Trinajstić information content (AvgIpc) is 2.16. The van der Waals surface area contributed by atoms with Gasteiger partial charge in [-0.3, -0.25) is 4.72 Å². The molecule has 0 unspecified atom stereocenters. The number of hydrogen-bond acceptors (Lipinski definition) is 3. The van der Waals surface area contributed by atoms with Crippen LogP contribution in [-0.4, -0.2) is 19.3 Å². The molecule has 0 radical (unpaired) electrons. The lowest BCUT2D eigenvalue weighted by Gasteiger charge is -2.10. The monoisotopic (exact) mass is 243 g/mol. The van der Waals surface area contributed by atoms with E-state index in [2.05, 4.69) is 4.72 Å². The van der Waals surface area contributed by atoms with Crippen LogP contribution >= 0.6 is 0 Å². The van der Waals surface area contributed by atoms with E-state index < -0.39 is 10.0 Å². The van der Waals surface area contributed by atoms with E-state index in [0.717, 1.165) is 5.56 Å². The van der Waals surface area contributed by atoms with Crippen LogP contribution in [-0.2, 0) is 16.6 Å². The molecule has 1 aromatic rings. The topological polar surface area (TPSA) is 66.4 Å². The molecule has 0 aliphatic rings. The Kier molecular flexibility index (Phi) is 4.32. The molecule has 16 heavy (non-hydrogen) atoms. The van der Waals surface area contributed by atoms with Crippen LogP contribution < -0.4 is 4.72 Å². The number of aliphatic hydroxyl groups is 1. The van der Waals surface area contributed by atoms with Gasteiger partial charge in [-0.2, -0.15) is 0 Å². The van der Waals surface area contributed by atoms with E-state index in [4.69, 9.17) is 5.11 Å². The first-order valence-electron chi connectivity index (χ1n) is 5.13. The minimum absolute atomic E-state index is 0.0426. The molecule has 0 fully saturated rings. The molecule has 0 spiro atoms. The van der Waals surface area contributed by atoms with Crippen molar-refractivity contribution in [1.82, 2.24) is 0 Å². The van der Waals surface area contributed by atoms with Crippen LogP contribution in [0.1, 0.15) is 19.4 Å². The molecule has 0 amide bonds. The summed E-state index contributed by atoms with van der Waals surface area (Å²) in [6.07, 6.45) is 0. The van der Waals surface area contributed by atoms with Crippen LogP contribution in [0.25, 0.3) is 0 Å². The predicted molar refractivity (Wildman–Crippen MR) is 64.6 cm³/mol. The summed E-state index contributed by atoms with van der Waals surface area (Å²) in [5.41, 5.74) is 1.28. The predicted octanol–water partition coefficient (Wildman–Crippen LogP) is 1.58. The van der Waals surface area contributed by atoms with Gasteiger partial charge in [0.25, 0.3) is 0 Å². The van der Waals surface area contributed by atoms with E-state index in [1.165, 1.54) is 0 Å². The highest BCUT2D eigenvalue weighted by molar-refractivity contribution is 7.92. The van der Waals surface area contributed by atoms with E-state index in [0.29, 0.717) is 5.69 Å². The van der Waals surface area contributed by atoms with Crippen LogP contribution in [0.5, 0.6) is 0 Å². The van der Waals surface area contributed by atoms with Gasteiger partial charge in [-0.05, 0) is 23.6 Å². The average molecular weight is 243 g/mol. The van der Waals surface area contributed by atoms with Crippen molar-refractivity contribution in [2.24, 2.45) is 5.92 Å². The van der Waals surface area contributed by atoms with Crippen LogP contribution in [0.3, 0.4) is 0 Å². The van der Waals surface area contributed by atoms with Gasteiger partial charge in [0.05, 0.1) is 12.4 Å². The number of sulfonamides is 1. The molecule has 0 aliphatic heterocycles. The van der Waals surface area contributed by atoms with E-state index in [-0.39, 0.29) is 18.3 Å². The lowest BCUT2D eigenvalue weighted by molar-refractivity contribution is 0.282. The minimum Gasteiger partial charge on any atom is -0.392 e. The molecule has 4 nitrogen and oxygen atoms in total. The lowest BCUT2D eigenvalue weighted by Crippen LogP contribution is -2.19. The Balaban J connectivity index is 2.72. The third-order valence-corrected chi connectivity index (χ3v) is 3.61. The molecule has 2 N–H and O–H groups in total. The van der Waals surface area contributed by atoms with E-state index in [1.807, 2.05) is 13.8 Å². The van der Waals surface area contributed by atoms with E-state index in [9.17, 15) is 8.42 Å². The molecule has 5 heteroatoms. The van der Waals surface area contributed by atoms with E-state index in [1.54, 1.807) is 24.3 Å². The second kappa shape index (κ2) is 5.32. The summed E-state index contributed by atoms with van der Waals surface area (Å²) in [7, 11) is -3.27. The first kappa shape index (κ1) is 13.0. The Labute approximate surface area is 96.4 Å². The Hall–Kier alpha value is -1.07. The van der Waals surface area contributed by atoms with Gasteiger partial charge in [-0.15, -0.1) is 0 Å². The Morgan fingerprint density at radius 2 is 1.81 bits per heavy atom. The lowest BCUT2D eigenvalue weighted by atomic mass is 10.2. The number of rotatable bonds is 5. The molecule has 1 aromatic carbocycles. The highest BCUT2D eigenvalue weighted by Gasteiger charge is 2.12. The molecular weight excluding hydrogens is 226 g/mol. The first-order valence-corrected chi connectivity index (χ1v) is 6.78. The van der Waals surface area contributed by atoms with Crippen LogP contribution in [0.4, 0.5) is 5.69 Å². The van der Waals surface area contributed by atoms with Crippen molar-refractivity contribution in [3.05, 3.63) is 29.8 Å². The third kappa shape index (κ3) is 4.20. The third-order valence-electron chi connectivity index (χ3n) is 1.96. The van der Waals surface area contributed by atoms with Crippen molar-refractivity contribution in [1.29, 1.82) is 0 Å². The second-order valence-electron chi connectivity index (χ2n) is 4.13. The summed E-state index contributed by atoms with van der Waals surface area (Å²) < 4.78 is 25.7. The Bertz CT molecular complexity index is 423.